The number of benzene rings is 2. The molecule has 1 aromatic heterocycles. The van der Waals surface area contributed by atoms with Crippen LogP contribution in [0, 0.1) is 6.92 Å². The van der Waals surface area contributed by atoms with Crippen molar-refractivity contribution in [1.82, 2.24) is 19.8 Å². The van der Waals surface area contributed by atoms with Crippen LogP contribution in [0.1, 0.15) is 21.6 Å². The van der Waals surface area contributed by atoms with Gasteiger partial charge in [0, 0.05) is 44.6 Å². The maximum absolute atomic E-state index is 12.9. The van der Waals surface area contributed by atoms with E-state index in [9.17, 15) is 4.79 Å². The van der Waals surface area contributed by atoms with Crippen molar-refractivity contribution in [3.05, 3.63) is 83.7 Å². The highest BCUT2D eigenvalue weighted by Gasteiger charge is 2.23. The number of nitrogens with zero attached hydrogens (tertiary/aromatic N) is 4. The molecule has 0 atom stereocenters. The third-order valence-corrected chi connectivity index (χ3v) is 5.06. The first-order chi connectivity index (χ1) is 14.2. The summed E-state index contributed by atoms with van der Waals surface area (Å²) in [5.74, 6) is 0.392. The predicted octanol–water partition coefficient (Wildman–Crippen LogP) is 3.49. The minimum Gasteiger partial charge on any atom is -0.335 e. The first-order valence-corrected chi connectivity index (χ1v) is 9.90. The van der Waals surface area contributed by atoms with Gasteiger partial charge >= 0.3 is 0 Å². The lowest BCUT2D eigenvalue weighted by molar-refractivity contribution is 0.0622. The van der Waals surface area contributed by atoms with E-state index < -0.39 is 0 Å². The zero-order valence-electron chi connectivity index (χ0n) is 16.6. The van der Waals surface area contributed by atoms with Gasteiger partial charge in [-0.15, -0.1) is 0 Å². The molecule has 0 spiro atoms. The minimum atomic E-state index is -0.0425. The molecule has 2 aromatic carbocycles. The van der Waals surface area contributed by atoms with E-state index in [4.69, 9.17) is 0 Å². The van der Waals surface area contributed by atoms with Crippen molar-refractivity contribution in [1.29, 1.82) is 0 Å². The number of rotatable bonds is 5. The molecule has 1 aliphatic heterocycles. The second-order valence-electron chi connectivity index (χ2n) is 7.31. The van der Waals surface area contributed by atoms with Crippen LogP contribution in [0.4, 0.5) is 11.6 Å². The van der Waals surface area contributed by atoms with Gasteiger partial charge in [-0.1, -0.05) is 42.5 Å². The summed E-state index contributed by atoms with van der Waals surface area (Å²) in [6.45, 7) is 6.08. The second kappa shape index (κ2) is 8.84. The van der Waals surface area contributed by atoms with Gasteiger partial charge in [-0.2, -0.15) is 0 Å². The van der Waals surface area contributed by atoms with Crippen LogP contribution in [0.5, 0.6) is 0 Å². The molecule has 4 rings (SSSR count). The smallest absolute Gasteiger partial charge is 0.272 e. The average Bonchev–Trinajstić information content (AvgIpc) is 2.75. The van der Waals surface area contributed by atoms with Crippen LogP contribution < -0.4 is 5.32 Å². The maximum Gasteiger partial charge on any atom is 0.272 e. The number of carbonyl (C=O) groups is 1. The van der Waals surface area contributed by atoms with E-state index in [1.165, 1.54) is 5.56 Å². The molecule has 6 nitrogen and oxygen atoms in total. The number of hydrogen-bond donors (Lipinski definition) is 1. The zero-order valence-corrected chi connectivity index (χ0v) is 16.6. The molecule has 0 radical (unpaired) electrons. The van der Waals surface area contributed by atoms with E-state index in [0.717, 1.165) is 30.9 Å². The zero-order chi connectivity index (χ0) is 20.1. The number of aryl methyl sites for hydroxylation is 1. The van der Waals surface area contributed by atoms with E-state index in [-0.39, 0.29) is 5.91 Å². The number of anilines is 2. The first kappa shape index (κ1) is 19.1. The summed E-state index contributed by atoms with van der Waals surface area (Å²) in [6.07, 6.45) is 1.63. The van der Waals surface area contributed by atoms with Crippen LogP contribution >= 0.6 is 0 Å². The molecule has 2 heterocycles. The summed E-state index contributed by atoms with van der Waals surface area (Å²) in [4.78, 5) is 25.8. The normalized spacial score (nSPS) is 14.6. The SMILES string of the molecule is Cc1cccc(Nc2nccc(C(=O)N3CCN(Cc4ccccc4)CC3)n2)c1. The molecule has 3 aromatic rings. The van der Waals surface area contributed by atoms with Gasteiger partial charge in [-0.05, 0) is 36.2 Å². The summed E-state index contributed by atoms with van der Waals surface area (Å²) in [5, 5.41) is 3.18. The highest BCUT2D eigenvalue weighted by Crippen LogP contribution is 2.15. The van der Waals surface area contributed by atoms with Crippen molar-refractivity contribution >= 4 is 17.5 Å². The van der Waals surface area contributed by atoms with Crippen molar-refractivity contribution in [3.8, 4) is 0 Å². The Morgan fingerprint density at radius 3 is 2.55 bits per heavy atom. The monoisotopic (exact) mass is 387 g/mol. The fourth-order valence-electron chi connectivity index (χ4n) is 3.50. The topological polar surface area (TPSA) is 61.4 Å². The molecule has 29 heavy (non-hydrogen) atoms. The summed E-state index contributed by atoms with van der Waals surface area (Å²) >= 11 is 0. The van der Waals surface area contributed by atoms with E-state index in [1.54, 1.807) is 12.3 Å². The van der Waals surface area contributed by atoms with Crippen LogP contribution in [0.3, 0.4) is 0 Å². The fraction of sp³-hybridized carbons (Fsp3) is 0.261. The standard InChI is InChI=1S/C23H25N5O/c1-18-6-5-9-20(16-18)25-23-24-11-10-21(26-23)22(29)28-14-12-27(13-15-28)17-19-7-3-2-4-8-19/h2-11,16H,12-15,17H2,1H3,(H,24,25,26). The van der Waals surface area contributed by atoms with Crippen molar-refractivity contribution in [2.75, 3.05) is 31.5 Å². The number of aromatic nitrogens is 2. The molecule has 1 saturated heterocycles. The molecular weight excluding hydrogens is 362 g/mol. The lowest BCUT2D eigenvalue weighted by Crippen LogP contribution is -2.48. The van der Waals surface area contributed by atoms with Crippen LogP contribution in [-0.2, 0) is 6.54 Å². The summed E-state index contributed by atoms with van der Waals surface area (Å²) in [6, 6.07) is 20.1. The van der Waals surface area contributed by atoms with Crippen LogP contribution in [0.15, 0.2) is 66.9 Å². The molecule has 0 unspecified atom stereocenters. The molecule has 0 bridgehead atoms. The van der Waals surface area contributed by atoms with Crippen LogP contribution in [0.2, 0.25) is 0 Å². The quantitative estimate of drug-likeness (QED) is 0.726. The van der Waals surface area contributed by atoms with Crippen molar-refractivity contribution in [2.45, 2.75) is 13.5 Å². The lowest BCUT2D eigenvalue weighted by Gasteiger charge is -2.34. The maximum atomic E-state index is 12.9. The second-order valence-corrected chi connectivity index (χ2v) is 7.31. The Kier molecular flexibility index (Phi) is 5.81. The summed E-state index contributed by atoms with van der Waals surface area (Å²) in [5.41, 5.74) is 3.78. The molecule has 0 aliphatic carbocycles. The van der Waals surface area contributed by atoms with Gasteiger partial charge in [-0.25, -0.2) is 9.97 Å². The molecule has 1 aliphatic rings. The Morgan fingerprint density at radius 2 is 1.79 bits per heavy atom. The Morgan fingerprint density at radius 1 is 1.00 bits per heavy atom. The molecule has 1 fully saturated rings. The number of hydrogen-bond acceptors (Lipinski definition) is 5. The third kappa shape index (κ3) is 4.97. The van der Waals surface area contributed by atoms with Crippen molar-refractivity contribution in [3.63, 3.8) is 0 Å². The summed E-state index contributed by atoms with van der Waals surface area (Å²) in [7, 11) is 0. The minimum absolute atomic E-state index is 0.0425. The summed E-state index contributed by atoms with van der Waals surface area (Å²) < 4.78 is 0. The molecule has 6 heteroatoms. The van der Waals surface area contributed by atoms with Crippen molar-refractivity contribution in [2.24, 2.45) is 0 Å². The number of carbonyl (C=O) groups excluding carboxylic acids is 1. The third-order valence-electron chi connectivity index (χ3n) is 5.06. The Hall–Kier alpha value is -3.25. The van der Waals surface area contributed by atoms with Gasteiger partial charge in [0.05, 0.1) is 0 Å². The van der Waals surface area contributed by atoms with Gasteiger partial charge in [0.2, 0.25) is 5.95 Å². The number of amides is 1. The highest BCUT2D eigenvalue weighted by atomic mass is 16.2. The van der Waals surface area contributed by atoms with Gasteiger partial charge in [0.1, 0.15) is 5.69 Å². The average molecular weight is 387 g/mol. The highest BCUT2D eigenvalue weighted by molar-refractivity contribution is 5.92. The molecule has 1 amide bonds. The van der Waals surface area contributed by atoms with Gasteiger partial charge < -0.3 is 10.2 Å². The predicted molar refractivity (Wildman–Crippen MR) is 114 cm³/mol. The number of nitrogens with one attached hydrogen (secondary N) is 1. The Labute approximate surface area is 171 Å². The molecule has 0 saturated carbocycles. The fourth-order valence-corrected chi connectivity index (χ4v) is 3.50. The van der Waals surface area contributed by atoms with Gasteiger partial charge in [0.25, 0.3) is 5.91 Å². The number of piperazine rings is 1. The largest absolute Gasteiger partial charge is 0.335 e. The molecular formula is C23H25N5O. The van der Waals surface area contributed by atoms with E-state index >= 15 is 0 Å². The van der Waals surface area contributed by atoms with E-state index in [1.807, 2.05) is 42.2 Å². The van der Waals surface area contributed by atoms with Crippen molar-refractivity contribution < 1.29 is 4.79 Å². The Balaban J connectivity index is 1.36. The van der Waals surface area contributed by atoms with Gasteiger partial charge in [0.15, 0.2) is 0 Å². The van der Waals surface area contributed by atoms with Crippen LogP contribution in [-0.4, -0.2) is 51.9 Å². The molecule has 1 N–H and O–H groups in total. The first-order valence-electron chi connectivity index (χ1n) is 9.90. The molecule has 148 valence electrons. The van der Waals surface area contributed by atoms with Crippen LogP contribution in [0.25, 0.3) is 0 Å². The lowest BCUT2D eigenvalue weighted by atomic mass is 10.2. The van der Waals surface area contributed by atoms with Gasteiger partial charge in [-0.3, -0.25) is 9.69 Å². The van der Waals surface area contributed by atoms with E-state index in [0.29, 0.717) is 24.7 Å². The Bertz CT molecular complexity index is 968. The van der Waals surface area contributed by atoms with E-state index in [2.05, 4.69) is 44.5 Å².